The summed E-state index contributed by atoms with van der Waals surface area (Å²) in [6.45, 7) is 4.79. The summed E-state index contributed by atoms with van der Waals surface area (Å²) in [6.07, 6.45) is 1.52. The maximum Gasteiger partial charge on any atom is 0.261 e. The van der Waals surface area contributed by atoms with Gasteiger partial charge in [-0.1, -0.05) is 11.6 Å². The molecule has 2 amide bonds. The summed E-state index contributed by atoms with van der Waals surface area (Å²) >= 11 is 5.81. The quantitative estimate of drug-likeness (QED) is 0.685. The van der Waals surface area contributed by atoms with Crippen LogP contribution in [0.5, 0.6) is 0 Å². The zero-order chi connectivity index (χ0) is 22.6. The number of halogens is 1. The fourth-order valence-corrected chi connectivity index (χ4v) is 4.65. The molecule has 0 saturated carbocycles. The van der Waals surface area contributed by atoms with Crippen LogP contribution < -0.4 is 10.0 Å². The molecule has 3 rings (SSSR count). The molecule has 31 heavy (non-hydrogen) atoms. The van der Waals surface area contributed by atoms with Crippen LogP contribution in [0.15, 0.2) is 53.4 Å². The van der Waals surface area contributed by atoms with Crippen LogP contribution in [0.2, 0.25) is 5.02 Å². The summed E-state index contributed by atoms with van der Waals surface area (Å²) in [6, 6.07) is 12.2. The van der Waals surface area contributed by atoms with Gasteiger partial charge in [0.25, 0.3) is 15.9 Å². The van der Waals surface area contributed by atoms with E-state index in [2.05, 4.69) is 10.0 Å². The molecule has 0 radical (unpaired) electrons. The van der Waals surface area contributed by atoms with Crippen molar-refractivity contribution in [1.82, 2.24) is 10.2 Å². The van der Waals surface area contributed by atoms with Crippen LogP contribution in [-0.2, 0) is 14.8 Å². The number of nitrogens with one attached hydrogen (secondary N) is 2. The molecule has 1 aliphatic rings. The van der Waals surface area contributed by atoms with Crippen molar-refractivity contribution in [2.45, 2.75) is 37.6 Å². The first kappa shape index (κ1) is 23.1. The SMILES string of the molecule is CC(C)NC(=O)[C@@H]1CCCN(C(=O)c2ccc(NS(=O)(=O)c3ccc(Cl)cc3)cc2)C1. The average Bonchev–Trinajstić information content (AvgIpc) is 2.73. The molecule has 1 saturated heterocycles. The van der Waals surface area contributed by atoms with E-state index in [9.17, 15) is 18.0 Å². The number of sulfonamides is 1. The molecule has 2 aromatic rings. The van der Waals surface area contributed by atoms with E-state index in [1.807, 2.05) is 13.8 Å². The topological polar surface area (TPSA) is 95.6 Å². The summed E-state index contributed by atoms with van der Waals surface area (Å²) < 4.78 is 27.5. The minimum absolute atomic E-state index is 0.0283. The highest BCUT2D eigenvalue weighted by Gasteiger charge is 2.29. The zero-order valence-electron chi connectivity index (χ0n) is 17.5. The fourth-order valence-electron chi connectivity index (χ4n) is 3.47. The number of carbonyl (C=O) groups is 2. The second kappa shape index (κ2) is 9.70. The Hall–Kier alpha value is -2.58. The summed E-state index contributed by atoms with van der Waals surface area (Å²) in [5.41, 5.74) is 0.790. The van der Waals surface area contributed by atoms with Crippen molar-refractivity contribution >= 4 is 39.1 Å². The van der Waals surface area contributed by atoms with Gasteiger partial charge >= 0.3 is 0 Å². The molecule has 0 aliphatic carbocycles. The molecule has 2 aromatic carbocycles. The highest BCUT2D eigenvalue weighted by molar-refractivity contribution is 7.92. The number of hydrogen-bond acceptors (Lipinski definition) is 4. The smallest absolute Gasteiger partial charge is 0.261 e. The number of piperidine rings is 1. The molecule has 2 N–H and O–H groups in total. The Labute approximate surface area is 187 Å². The summed E-state index contributed by atoms with van der Waals surface area (Å²) in [5, 5.41) is 3.36. The predicted molar refractivity (Wildman–Crippen MR) is 121 cm³/mol. The van der Waals surface area contributed by atoms with Crippen molar-refractivity contribution in [2.24, 2.45) is 5.92 Å². The summed E-state index contributed by atoms with van der Waals surface area (Å²) in [5.74, 6) is -0.417. The Kier molecular flexibility index (Phi) is 7.23. The maximum absolute atomic E-state index is 12.9. The van der Waals surface area contributed by atoms with E-state index < -0.39 is 10.0 Å². The van der Waals surface area contributed by atoms with E-state index in [4.69, 9.17) is 11.6 Å². The number of amides is 2. The molecule has 9 heteroatoms. The number of likely N-dealkylation sites (tertiary alicyclic amines) is 1. The zero-order valence-corrected chi connectivity index (χ0v) is 19.0. The lowest BCUT2D eigenvalue weighted by Gasteiger charge is -2.32. The van der Waals surface area contributed by atoms with E-state index in [0.29, 0.717) is 29.4 Å². The number of nitrogens with zero attached hydrogens (tertiary/aromatic N) is 1. The first-order chi connectivity index (χ1) is 14.7. The Morgan fingerprint density at radius 3 is 2.32 bits per heavy atom. The largest absolute Gasteiger partial charge is 0.354 e. The second-order valence-electron chi connectivity index (χ2n) is 7.89. The van der Waals surface area contributed by atoms with Gasteiger partial charge in [-0.05, 0) is 75.2 Å². The molecular formula is C22H26ClN3O4S. The van der Waals surface area contributed by atoms with E-state index in [1.54, 1.807) is 29.2 Å². The Balaban J connectivity index is 1.66. The van der Waals surface area contributed by atoms with Crippen LogP contribution >= 0.6 is 11.6 Å². The molecule has 0 aromatic heterocycles. The molecular weight excluding hydrogens is 438 g/mol. The Bertz CT molecular complexity index is 1040. The van der Waals surface area contributed by atoms with Crippen LogP contribution in [0.1, 0.15) is 37.0 Å². The Morgan fingerprint density at radius 2 is 1.71 bits per heavy atom. The first-order valence-electron chi connectivity index (χ1n) is 10.1. The van der Waals surface area contributed by atoms with Crippen LogP contribution in [-0.4, -0.2) is 44.3 Å². The molecule has 7 nitrogen and oxygen atoms in total. The number of rotatable bonds is 6. The highest BCUT2D eigenvalue weighted by atomic mass is 35.5. The predicted octanol–water partition coefficient (Wildman–Crippen LogP) is 3.52. The first-order valence-corrected chi connectivity index (χ1v) is 12.0. The monoisotopic (exact) mass is 463 g/mol. The molecule has 0 spiro atoms. The number of hydrogen-bond donors (Lipinski definition) is 2. The van der Waals surface area contributed by atoms with Crippen LogP contribution in [0.3, 0.4) is 0 Å². The third-order valence-electron chi connectivity index (χ3n) is 5.02. The van der Waals surface area contributed by atoms with Crippen molar-refractivity contribution in [2.75, 3.05) is 17.8 Å². The van der Waals surface area contributed by atoms with E-state index in [-0.39, 0.29) is 28.7 Å². The van der Waals surface area contributed by atoms with Gasteiger partial charge in [0.1, 0.15) is 0 Å². The summed E-state index contributed by atoms with van der Waals surface area (Å²) in [4.78, 5) is 27.0. The van der Waals surface area contributed by atoms with E-state index >= 15 is 0 Å². The van der Waals surface area contributed by atoms with Gasteiger partial charge in [0.2, 0.25) is 5.91 Å². The van der Waals surface area contributed by atoms with Gasteiger partial charge in [-0.15, -0.1) is 0 Å². The normalized spacial score (nSPS) is 16.8. The van der Waals surface area contributed by atoms with Crippen molar-refractivity contribution in [3.8, 4) is 0 Å². The number of carbonyl (C=O) groups excluding carboxylic acids is 2. The van der Waals surface area contributed by atoms with Crippen molar-refractivity contribution < 1.29 is 18.0 Å². The van der Waals surface area contributed by atoms with Gasteiger partial charge in [0.15, 0.2) is 0 Å². The minimum atomic E-state index is -3.76. The molecule has 1 fully saturated rings. The second-order valence-corrected chi connectivity index (χ2v) is 10.0. The molecule has 0 unspecified atom stereocenters. The van der Waals surface area contributed by atoms with Gasteiger partial charge in [-0.3, -0.25) is 14.3 Å². The number of benzene rings is 2. The lowest BCUT2D eigenvalue weighted by Crippen LogP contribution is -2.46. The van der Waals surface area contributed by atoms with Gasteiger partial charge in [-0.2, -0.15) is 0 Å². The van der Waals surface area contributed by atoms with Gasteiger partial charge in [0.05, 0.1) is 10.8 Å². The van der Waals surface area contributed by atoms with Crippen molar-refractivity contribution in [1.29, 1.82) is 0 Å². The molecule has 166 valence electrons. The number of anilines is 1. The van der Waals surface area contributed by atoms with E-state index in [0.717, 1.165) is 12.8 Å². The van der Waals surface area contributed by atoms with E-state index in [1.165, 1.54) is 24.3 Å². The van der Waals surface area contributed by atoms with Crippen LogP contribution in [0.25, 0.3) is 0 Å². The minimum Gasteiger partial charge on any atom is -0.354 e. The lowest BCUT2D eigenvalue weighted by atomic mass is 9.96. The van der Waals surface area contributed by atoms with Crippen LogP contribution in [0, 0.1) is 5.92 Å². The lowest BCUT2D eigenvalue weighted by molar-refractivity contribution is -0.126. The molecule has 1 atom stereocenters. The maximum atomic E-state index is 12.9. The average molecular weight is 464 g/mol. The van der Waals surface area contributed by atoms with Crippen LogP contribution in [0.4, 0.5) is 5.69 Å². The third-order valence-corrected chi connectivity index (χ3v) is 6.67. The van der Waals surface area contributed by atoms with Gasteiger partial charge in [-0.25, -0.2) is 8.42 Å². The summed E-state index contributed by atoms with van der Waals surface area (Å²) in [7, 11) is -3.76. The Morgan fingerprint density at radius 1 is 1.06 bits per heavy atom. The standard InChI is InChI=1S/C22H26ClN3O4S/c1-15(2)24-21(27)17-4-3-13-26(14-17)22(28)16-5-9-19(10-6-16)25-31(29,30)20-11-7-18(23)8-12-20/h5-12,15,17,25H,3-4,13-14H2,1-2H3,(H,24,27)/t17-/m1/s1. The van der Waals surface area contributed by atoms with Gasteiger partial charge in [0, 0.05) is 35.4 Å². The van der Waals surface area contributed by atoms with Crippen molar-refractivity contribution in [3.05, 3.63) is 59.1 Å². The fraction of sp³-hybridized carbons (Fsp3) is 0.364. The molecule has 0 bridgehead atoms. The van der Waals surface area contributed by atoms with Gasteiger partial charge < -0.3 is 10.2 Å². The third kappa shape index (κ3) is 5.98. The molecule has 1 aliphatic heterocycles. The molecule has 1 heterocycles. The highest BCUT2D eigenvalue weighted by Crippen LogP contribution is 2.22. The van der Waals surface area contributed by atoms with Crippen molar-refractivity contribution in [3.63, 3.8) is 0 Å².